The average molecular weight is 471 g/mol. The Kier molecular flexibility index (Phi) is 6.62. The molecule has 1 fully saturated rings. The van der Waals surface area contributed by atoms with Crippen molar-refractivity contribution in [3.63, 3.8) is 0 Å². The predicted octanol–water partition coefficient (Wildman–Crippen LogP) is 4.58. The third-order valence-electron chi connectivity index (χ3n) is 5.44. The van der Waals surface area contributed by atoms with Crippen LogP contribution in [0.5, 0.6) is 0 Å². The molecule has 1 aliphatic rings. The van der Waals surface area contributed by atoms with Crippen LogP contribution >= 0.6 is 11.6 Å². The van der Waals surface area contributed by atoms with Gasteiger partial charge in [-0.2, -0.15) is 13.2 Å². The lowest BCUT2D eigenvalue weighted by Crippen LogP contribution is -2.51. The molecule has 1 saturated heterocycles. The number of morpholine rings is 1. The zero-order chi connectivity index (χ0) is 23.8. The van der Waals surface area contributed by atoms with E-state index >= 15 is 0 Å². The molecule has 10 heteroatoms. The summed E-state index contributed by atoms with van der Waals surface area (Å²) in [6.45, 7) is 5.37. The van der Waals surface area contributed by atoms with Crippen molar-refractivity contribution in [3.05, 3.63) is 46.2 Å². The van der Waals surface area contributed by atoms with E-state index in [9.17, 15) is 18.0 Å². The number of ether oxygens (including phenoxy) is 1. The Bertz CT molecular complexity index is 1030. The number of amidine groups is 1. The van der Waals surface area contributed by atoms with Crippen molar-refractivity contribution in [1.29, 1.82) is 5.41 Å². The zero-order valence-electron chi connectivity index (χ0n) is 18.4. The Balaban J connectivity index is 2.29. The minimum absolute atomic E-state index is 0.0698. The number of hydrogen-bond donors (Lipinski definition) is 2. The van der Waals surface area contributed by atoms with Crippen molar-refractivity contribution in [2.24, 2.45) is 0 Å². The lowest BCUT2D eigenvalue weighted by Gasteiger charge is -2.38. The standard InChI is InChI=1S/C22H26ClF3N4O2/c1-13-17(14-5-7-15(23)8-6-14)18(20(31)29-9-10-32-21(2,3)12-29)30(11-16(27)28-4)19(13)22(24,25)26/h5-8H,9-12H2,1-4H3,(H2,27,28). The number of nitrogens with one attached hydrogen (secondary N) is 2. The Morgan fingerprint density at radius 3 is 2.44 bits per heavy atom. The lowest BCUT2D eigenvalue weighted by molar-refractivity contribution is -0.143. The molecule has 6 nitrogen and oxygen atoms in total. The van der Waals surface area contributed by atoms with Gasteiger partial charge in [-0.25, -0.2) is 0 Å². The van der Waals surface area contributed by atoms with Crippen LogP contribution in [-0.2, 0) is 17.5 Å². The molecular weight excluding hydrogens is 445 g/mol. The minimum Gasteiger partial charge on any atom is -0.376 e. The van der Waals surface area contributed by atoms with Crippen LogP contribution in [0.4, 0.5) is 13.2 Å². The summed E-state index contributed by atoms with van der Waals surface area (Å²) in [4.78, 5) is 15.2. The molecular formula is C22H26ClF3N4O2. The first-order valence-electron chi connectivity index (χ1n) is 10.1. The van der Waals surface area contributed by atoms with Gasteiger partial charge < -0.3 is 19.5 Å². The molecule has 0 aliphatic carbocycles. The fraction of sp³-hybridized carbons (Fsp3) is 0.455. The first kappa shape index (κ1) is 24.1. The van der Waals surface area contributed by atoms with Crippen molar-refractivity contribution in [2.75, 3.05) is 26.7 Å². The number of nitrogens with zero attached hydrogens (tertiary/aromatic N) is 2. The molecule has 2 aromatic rings. The van der Waals surface area contributed by atoms with Crippen molar-refractivity contribution >= 4 is 23.3 Å². The molecule has 3 rings (SSSR count). The maximum atomic E-state index is 14.2. The van der Waals surface area contributed by atoms with Gasteiger partial charge in [-0.05, 0) is 44.0 Å². The van der Waals surface area contributed by atoms with Gasteiger partial charge in [0.15, 0.2) is 0 Å². The van der Waals surface area contributed by atoms with E-state index < -0.39 is 29.9 Å². The molecule has 2 heterocycles. The van der Waals surface area contributed by atoms with Gasteiger partial charge in [0, 0.05) is 30.7 Å². The zero-order valence-corrected chi connectivity index (χ0v) is 19.1. The second kappa shape index (κ2) is 8.78. The summed E-state index contributed by atoms with van der Waals surface area (Å²) in [6, 6.07) is 6.34. The highest BCUT2D eigenvalue weighted by atomic mass is 35.5. The number of hydrogen-bond acceptors (Lipinski definition) is 3. The number of alkyl halides is 3. The van der Waals surface area contributed by atoms with Crippen LogP contribution in [0, 0.1) is 12.3 Å². The third kappa shape index (κ3) is 4.78. The Hall–Kier alpha value is -2.52. The summed E-state index contributed by atoms with van der Waals surface area (Å²) in [5.74, 6) is -0.682. The van der Waals surface area contributed by atoms with E-state index in [4.69, 9.17) is 21.7 Å². The van der Waals surface area contributed by atoms with Gasteiger partial charge in [-0.1, -0.05) is 23.7 Å². The topological polar surface area (TPSA) is 70.4 Å². The van der Waals surface area contributed by atoms with Gasteiger partial charge in [0.2, 0.25) is 0 Å². The number of rotatable bonds is 4. The fourth-order valence-corrected chi connectivity index (χ4v) is 4.16. The molecule has 1 aromatic heterocycles. The number of aromatic nitrogens is 1. The Morgan fingerprint density at radius 1 is 1.28 bits per heavy atom. The number of halogens is 4. The van der Waals surface area contributed by atoms with E-state index in [-0.39, 0.29) is 42.4 Å². The third-order valence-corrected chi connectivity index (χ3v) is 5.69. The van der Waals surface area contributed by atoms with Gasteiger partial charge in [-0.3, -0.25) is 10.2 Å². The van der Waals surface area contributed by atoms with E-state index in [0.29, 0.717) is 10.6 Å². The van der Waals surface area contributed by atoms with Crippen LogP contribution in [0.2, 0.25) is 5.02 Å². The maximum absolute atomic E-state index is 14.2. The van der Waals surface area contributed by atoms with Crippen molar-refractivity contribution in [3.8, 4) is 11.1 Å². The van der Waals surface area contributed by atoms with Crippen LogP contribution in [0.1, 0.15) is 35.6 Å². The summed E-state index contributed by atoms with van der Waals surface area (Å²) in [7, 11) is 1.46. The summed E-state index contributed by atoms with van der Waals surface area (Å²) in [5.41, 5.74) is -1.10. The number of likely N-dealkylation sites (N-methyl/N-ethyl adjacent to an activating group) is 1. The first-order valence-corrected chi connectivity index (χ1v) is 10.5. The lowest BCUT2D eigenvalue weighted by atomic mass is 9.99. The van der Waals surface area contributed by atoms with Gasteiger partial charge in [0.05, 0.1) is 18.8 Å². The highest BCUT2D eigenvalue weighted by Crippen LogP contribution is 2.41. The molecule has 0 radical (unpaired) electrons. The van der Waals surface area contributed by atoms with E-state index in [1.807, 2.05) is 13.8 Å². The summed E-state index contributed by atoms with van der Waals surface area (Å²) >= 11 is 5.98. The summed E-state index contributed by atoms with van der Waals surface area (Å²) in [6.07, 6.45) is -4.72. The van der Waals surface area contributed by atoms with Crippen LogP contribution < -0.4 is 5.32 Å². The number of benzene rings is 1. The van der Waals surface area contributed by atoms with E-state index in [0.717, 1.165) is 4.57 Å². The predicted molar refractivity (Wildman–Crippen MR) is 117 cm³/mol. The monoisotopic (exact) mass is 470 g/mol. The van der Waals surface area contributed by atoms with E-state index in [1.54, 1.807) is 24.3 Å². The molecule has 32 heavy (non-hydrogen) atoms. The molecule has 0 unspecified atom stereocenters. The van der Waals surface area contributed by atoms with Crippen LogP contribution in [0.15, 0.2) is 24.3 Å². The van der Waals surface area contributed by atoms with Crippen molar-refractivity contribution < 1.29 is 22.7 Å². The first-order chi connectivity index (χ1) is 14.9. The Labute approximate surface area is 189 Å². The fourth-order valence-electron chi connectivity index (χ4n) is 4.04. The second-order valence-corrected chi connectivity index (χ2v) is 8.79. The summed E-state index contributed by atoms with van der Waals surface area (Å²) in [5, 5.41) is 11.0. The molecule has 0 spiro atoms. The van der Waals surface area contributed by atoms with Gasteiger partial charge in [0.25, 0.3) is 5.91 Å². The van der Waals surface area contributed by atoms with Crippen LogP contribution in [0.3, 0.4) is 0 Å². The number of amides is 1. The maximum Gasteiger partial charge on any atom is 0.431 e. The van der Waals surface area contributed by atoms with Gasteiger partial charge in [-0.15, -0.1) is 0 Å². The molecule has 174 valence electrons. The van der Waals surface area contributed by atoms with E-state index in [2.05, 4.69) is 5.32 Å². The van der Waals surface area contributed by atoms with Gasteiger partial charge in [0.1, 0.15) is 17.2 Å². The summed E-state index contributed by atoms with van der Waals surface area (Å²) < 4.78 is 49.1. The minimum atomic E-state index is -4.72. The van der Waals surface area contributed by atoms with Crippen molar-refractivity contribution in [1.82, 2.24) is 14.8 Å². The molecule has 1 amide bonds. The van der Waals surface area contributed by atoms with E-state index in [1.165, 1.54) is 18.9 Å². The molecule has 2 N–H and O–H groups in total. The average Bonchev–Trinajstić information content (AvgIpc) is 2.99. The molecule has 1 aromatic carbocycles. The largest absolute Gasteiger partial charge is 0.431 e. The quantitative estimate of drug-likeness (QED) is 0.507. The number of carbonyl (C=O) groups excluding carboxylic acids is 1. The SMILES string of the molecule is CNC(=N)Cn1c(C(=O)N2CCOC(C)(C)C2)c(-c2ccc(Cl)cc2)c(C)c1C(F)(F)F. The van der Waals surface area contributed by atoms with Crippen molar-refractivity contribution in [2.45, 2.75) is 39.1 Å². The highest BCUT2D eigenvalue weighted by molar-refractivity contribution is 6.30. The van der Waals surface area contributed by atoms with Crippen LogP contribution in [0.25, 0.3) is 11.1 Å². The second-order valence-electron chi connectivity index (χ2n) is 8.35. The molecule has 0 bridgehead atoms. The molecule has 0 atom stereocenters. The smallest absolute Gasteiger partial charge is 0.376 e. The Morgan fingerprint density at radius 2 is 1.91 bits per heavy atom. The van der Waals surface area contributed by atoms with Crippen LogP contribution in [-0.4, -0.2) is 53.6 Å². The van der Waals surface area contributed by atoms with Gasteiger partial charge >= 0.3 is 6.18 Å². The normalized spacial score (nSPS) is 16.2. The highest BCUT2D eigenvalue weighted by Gasteiger charge is 2.42. The molecule has 0 saturated carbocycles. The number of carbonyl (C=O) groups is 1. The molecule has 1 aliphatic heterocycles.